The van der Waals surface area contributed by atoms with Crippen LogP contribution in [0.15, 0.2) is 35.5 Å². The van der Waals surface area contributed by atoms with E-state index in [0.29, 0.717) is 51.8 Å². The van der Waals surface area contributed by atoms with E-state index in [1.165, 1.54) is 0 Å². The molecule has 10 nitrogen and oxygen atoms in total. The molecule has 4 N–H and O–H groups in total. The van der Waals surface area contributed by atoms with Crippen molar-refractivity contribution in [3.63, 3.8) is 0 Å². The van der Waals surface area contributed by atoms with E-state index in [2.05, 4.69) is 34.8 Å². The summed E-state index contributed by atoms with van der Waals surface area (Å²) in [4.78, 5) is 16.3. The average Bonchev–Trinajstić information content (AvgIpc) is 3.30. The van der Waals surface area contributed by atoms with Crippen LogP contribution in [0.5, 0.6) is 5.75 Å². The molecule has 0 radical (unpaired) electrons. The van der Waals surface area contributed by atoms with Gasteiger partial charge in [-0.2, -0.15) is 0 Å². The number of carbonyl (C=O) groups excluding carboxylic acids is 1. The van der Waals surface area contributed by atoms with Crippen LogP contribution < -0.4 is 31.7 Å². The molecule has 0 atom stereocenters. The molecule has 0 aliphatic rings. The summed E-state index contributed by atoms with van der Waals surface area (Å²) >= 11 is 0. The Morgan fingerprint density at radius 3 is 2.50 bits per heavy atom. The molecule has 1 aromatic carbocycles. The monoisotopic (exact) mass is 585 g/mol. The van der Waals surface area contributed by atoms with Gasteiger partial charge in [-0.1, -0.05) is 45.4 Å². The molecular formula is C32H51N5O5. The number of hydrogen-bond acceptors (Lipinski definition) is 7. The Morgan fingerprint density at radius 1 is 1.05 bits per heavy atom. The zero-order valence-corrected chi connectivity index (χ0v) is 26.4. The number of amides is 1. The maximum Gasteiger partial charge on any atom is 0.407 e. The highest BCUT2D eigenvalue weighted by atomic mass is 16.6. The third-order valence-corrected chi connectivity index (χ3v) is 6.21. The van der Waals surface area contributed by atoms with Crippen LogP contribution in [0.3, 0.4) is 0 Å². The SMILES string of the molecule is C=c1ccn(Cc2ccc(COCCOCCNC(=O)OC(C)(C)C)cc2OC)/c1=C(/N=C(/N)CC)NCCCCC. The standard InChI is InChI=1S/C32H51N5O5/c1-8-10-11-15-34-30(36-28(33)9-2)29-24(3)14-17-37(29)22-26-13-12-25(21-27(26)39-7)23-41-20-19-40-18-16-35-31(38)42-32(4,5)6/h12-14,17,21,34H,3,8-11,15-16,18-20,22-23H2,1-2,4-7H3,(H2,33,36)(H,35,38)/b30-29+. The summed E-state index contributed by atoms with van der Waals surface area (Å²) in [5.74, 6) is 2.09. The zero-order valence-electron chi connectivity index (χ0n) is 26.4. The fraction of sp³-hybridized carbons (Fsp3) is 0.562. The van der Waals surface area contributed by atoms with Gasteiger partial charge in [0.1, 0.15) is 17.2 Å². The van der Waals surface area contributed by atoms with Gasteiger partial charge in [-0.05, 0) is 50.1 Å². The molecule has 0 unspecified atom stereocenters. The molecule has 2 rings (SSSR count). The highest BCUT2D eigenvalue weighted by Gasteiger charge is 2.15. The molecule has 0 aliphatic heterocycles. The molecule has 10 heteroatoms. The summed E-state index contributed by atoms with van der Waals surface area (Å²) in [5, 5.41) is 7.95. The summed E-state index contributed by atoms with van der Waals surface area (Å²) in [6, 6.07) is 8.08. The number of carbonyl (C=O) groups is 1. The van der Waals surface area contributed by atoms with E-state index in [0.717, 1.165) is 59.1 Å². The maximum atomic E-state index is 11.6. The van der Waals surface area contributed by atoms with Gasteiger partial charge in [0.25, 0.3) is 0 Å². The molecule has 1 heterocycles. The third-order valence-electron chi connectivity index (χ3n) is 6.21. The first-order valence-corrected chi connectivity index (χ1v) is 14.8. The first kappa shape index (κ1) is 34.7. The first-order chi connectivity index (χ1) is 20.1. The topological polar surface area (TPSA) is 121 Å². The van der Waals surface area contributed by atoms with Gasteiger partial charge in [0.2, 0.25) is 0 Å². The smallest absolute Gasteiger partial charge is 0.407 e. The van der Waals surface area contributed by atoms with Crippen LogP contribution in [-0.2, 0) is 27.4 Å². The van der Waals surface area contributed by atoms with Crippen LogP contribution in [0.2, 0.25) is 0 Å². The lowest BCUT2D eigenvalue weighted by Gasteiger charge is -2.19. The number of alkyl carbamates (subject to hydrolysis) is 1. The second kappa shape index (κ2) is 18.1. The van der Waals surface area contributed by atoms with E-state index in [1.807, 2.05) is 52.1 Å². The Hall–Kier alpha value is -3.50. The van der Waals surface area contributed by atoms with Crippen molar-refractivity contribution < 1.29 is 23.7 Å². The molecule has 2 aromatic rings. The van der Waals surface area contributed by atoms with E-state index in [1.54, 1.807) is 7.11 Å². The highest BCUT2D eigenvalue weighted by Crippen LogP contribution is 2.21. The molecule has 1 aromatic heterocycles. The Kier molecular flexibility index (Phi) is 15.0. The average molecular weight is 586 g/mol. The van der Waals surface area contributed by atoms with Crippen molar-refractivity contribution in [2.24, 2.45) is 10.7 Å². The number of ether oxygens (including phenoxy) is 4. The van der Waals surface area contributed by atoms with E-state index in [9.17, 15) is 4.79 Å². The number of nitrogens with zero attached hydrogens (tertiary/aromatic N) is 2. The van der Waals surface area contributed by atoms with Gasteiger partial charge in [-0.15, -0.1) is 0 Å². The lowest BCUT2D eigenvalue weighted by atomic mass is 10.1. The molecule has 0 spiro atoms. The van der Waals surface area contributed by atoms with E-state index in [-0.39, 0.29) is 0 Å². The number of hydrogen-bond donors (Lipinski definition) is 3. The van der Waals surface area contributed by atoms with Crippen molar-refractivity contribution in [3.05, 3.63) is 52.2 Å². The Bertz CT molecular complexity index is 1250. The van der Waals surface area contributed by atoms with Crippen molar-refractivity contribution in [2.45, 2.75) is 79.1 Å². The number of amidine groups is 1. The van der Waals surface area contributed by atoms with Crippen molar-refractivity contribution in [1.29, 1.82) is 0 Å². The van der Waals surface area contributed by atoms with Crippen molar-refractivity contribution in [2.75, 3.05) is 40.0 Å². The molecule has 0 aliphatic carbocycles. The van der Waals surface area contributed by atoms with Gasteiger partial charge >= 0.3 is 6.09 Å². The predicted molar refractivity (Wildman–Crippen MR) is 169 cm³/mol. The second-order valence-corrected chi connectivity index (χ2v) is 11.0. The summed E-state index contributed by atoms with van der Waals surface area (Å²) in [7, 11) is 1.67. The van der Waals surface area contributed by atoms with Gasteiger partial charge in [-0.3, -0.25) is 0 Å². The zero-order chi connectivity index (χ0) is 31.0. The predicted octanol–water partition coefficient (Wildman–Crippen LogP) is 3.63. The second-order valence-electron chi connectivity index (χ2n) is 11.0. The summed E-state index contributed by atoms with van der Waals surface area (Å²) < 4.78 is 24.4. The Balaban J connectivity index is 1.99. The molecular weight excluding hydrogens is 534 g/mol. The third kappa shape index (κ3) is 12.6. The van der Waals surface area contributed by atoms with Crippen LogP contribution in [0.25, 0.3) is 12.4 Å². The van der Waals surface area contributed by atoms with Crippen molar-refractivity contribution in [1.82, 2.24) is 15.2 Å². The Morgan fingerprint density at radius 2 is 1.81 bits per heavy atom. The van der Waals surface area contributed by atoms with E-state index < -0.39 is 11.7 Å². The van der Waals surface area contributed by atoms with Gasteiger partial charge < -0.3 is 39.9 Å². The van der Waals surface area contributed by atoms with Crippen LogP contribution in [0.4, 0.5) is 4.79 Å². The lowest BCUT2D eigenvalue weighted by molar-refractivity contribution is 0.0355. The number of aliphatic imine (C=N–C) groups is 1. The maximum absolute atomic E-state index is 11.6. The van der Waals surface area contributed by atoms with Crippen molar-refractivity contribution >= 4 is 24.3 Å². The van der Waals surface area contributed by atoms with Crippen molar-refractivity contribution in [3.8, 4) is 5.75 Å². The number of benzene rings is 1. The fourth-order valence-electron chi connectivity index (χ4n) is 4.06. The minimum atomic E-state index is -0.521. The van der Waals surface area contributed by atoms with Crippen LogP contribution in [-0.4, -0.2) is 62.1 Å². The minimum Gasteiger partial charge on any atom is -0.496 e. The normalized spacial score (nSPS) is 12.7. The van der Waals surface area contributed by atoms with Crippen LogP contribution in [0.1, 0.15) is 71.4 Å². The number of aromatic nitrogens is 1. The largest absolute Gasteiger partial charge is 0.496 e. The van der Waals surface area contributed by atoms with Gasteiger partial charge in [0, 0.05) is 31.3 Å². The molecule has 1 amide bonds. The number of nitrogens with two attached hydrogens (primary N) is 1. The lowest BCUT2D eigenvalue weighted by Crippen LogP contribution is -2.36. The fourth-order valence-corrected chi connectivity index (χ4v) is 4.06. The molecule has 0 bridgehead atoms. The molecule has 234 valence electrons. The number of rotatable bonds is 18. The number of unbranched alkanes of at least 4 members (excludes halogenated alkanes) is 2. The molecule has 0 saturated carbocycles. The van der Waals surface area contributed by atoms with Gasteiger partial charge in [-0.25, -0.2) is 9.79 Å². The Labute approximate surface area is 251 Å². The number of methoxy groups -OCH3 is 1. The molecule has 42 heavy (non-hydrogen) atoms. The first-order valence-electron chi connectivity index (χ1n) is 14.8. The minimum absolute atomic E-state index is 0.374. The van der Waals surface area contributed by atoms with Gasteiger partial charge in [0.05, 0.1) is 45.4 Å². The number of nitrogens with one attached hydrogen (secondary N) is 2. The summed E-state index contributed by atoms with van der Waals surface area (Å²) in [6.07, 6.45) is 5.60. The van der Waals surface area contributed by atoms with E-state index >= 15 is 0 Å². The summed E-state index contributed by atoms with van der Waals surface area (Å²) in [6.45, 7) is 17.3. The quantitative estimate of drug-likeness (QED) is 0.139. The highest BCUT2D eigenvalue weighted by molar-refractivity contribution is 5.83. The summed E-state index contributed by atoms with van der Waals surface area (Å²) in [5.41, 5.74) is 7.64. The molecule has 0 saturated heterocycles. The van der Waals surface area contributed by atoms with E-state index in [4.69, 9.17) is 29.7 Å². The van der Waals surface area contributed by atoms with Gasteiger partial charge in [0.15, 0.2) is 5.82 Å². The van der Waals surface area contributed by atoms with Crippen LogP contribution in [0, 0.1) is 0 Å². The molecule has 0 fully saturated rings. The van der Waals surface area contributed by atoms with Crippen LogP contribution >= 0.6 is 0 Å².